The molecule has 34 heavy (non-hydrogen) atoms. The van der Waals surface area contributed by atoms with Crippen molar-refractivity contribution in [1.82, 2.24) is 5.32 Å². The van der Waals surface area contributed by atoms with E-state index in [1.165, 1.54) is 58.5 Å². The minimum absolute atomic E-state index is 0.0157. The monoisotopic (exact) mass is 493 g/mol. The minimum Gasteiger partial charge on any atom is -0.491 e. The molecule has 1 amide bonds. The molecule has 0 spiro atoms. The third kappa shape index (κ3) is 16.6. The van der Waals surface area contributed by atoms with Crippen LogP contribution in [0.3, 0.4) is 0 Å². The van der Waals surface area contributed by atoms with Crippen molar-refractivity contribution in [1.29, 1.82) is 0 Å². The highest BCUT2D eigenvalue weighted by Gasteiger charge is 2.05. The molecular weight excluding hydrogens is 450 g/mol. The van der Waals surface area contributed by atoms with Crippen LogP contribution in [0.1, 0.15) is 96.0 Å². The number of methoxy groups -OCH3 is 1. The number of esters is 1. The van der Waals surface area contributed by atoms with Gasteiger partial charge >= 0.3 is 5.97 Å². The first-order valence-electron chi connectivity index (χ1n) is 12.8. The Morgan fingerprint density at radius 3 is 2.12 bits per heavy atom. The Balaban J connectivity index is 1.95. The molecule has 1 rings (SSSR count). The first-order valence-corrected chi connectivity index (χ1v) is 13.4. The third-order valence-corrected chi connectivity index (χ3v) is 5.99. The van der Waals surface area contributed by atoms with Gasteiger partial charge in [-0.15, -0.1) is 11.6 Å². The summed E-state index contributed by atoms with van der Waals surface area (Å²) in [6.45, 7) is 2.60. The van der Waals surface area contributed by atoms with Gasteiger partial charge in [-0.3, -0.25) is 9.59 Å². The van der Waals surface area contributed by atoms with Gasteiger partial charge in [0.05, 0.1) is 13.2 Å². The van der Waals surface area contributed by atoms with Crippen molar-refractivity contribution in [3.05, 3.63) is 42.0 Å². The molecule has 1 unspecified atom stereocenters. The van der Waals surface area contributed by atoms with Crippen molar-refractivity contribution in [2.45, 2.75) is 103 Å². The van der Waals surface area contributed by atoms with Gasteiger partial charge in [0.15, 0.2) is 0 Å². The van der Waals surface area contributed by atoms with Gasteiger partial charge in [0.25, 0.3) is 0 Å². The number of nitrogens with one attached hydrogen (secondary N) is 1. The number of carbonyl (C=O) groups excluding carboxylic acids is 2. The van der Waals surface area contributed by atoms with Crippen LogP contribution < -0.4 is 10.1 Å². The molecule has 5 nitrogen and oxygen atoms in total. The van der Waals surface area contributed by atoms with E-state index < -0.39 is 0 Å². The highest BCUT2D eigenvalue weighted by Crippen LogP contribution is 2.17. The van der Waals surface area contributed by atoms with Crippen LogP contribution in [-0.4, -0.2) is 31.0 Å². The summed E-state index contributed by atoms with van der Waals surface area (Å²) >= 11 is 5.48. The van der Waals surface area contributed by atoms with E-state index in [-0.39, 0.29) is 23.9 Å². The maximum absolute atomic E-state index is 11.2. The number of carbonyl (C=O) groups is 2. The number of halogens is 1. The third-order valence-electron chi connectivity index (χ3n) is 5.75. The molecule has 0 saturated heterocycles. The number of ether oxygens (including phenoxy) is 2. The van der Waals surface area contributed by atoms with E-state index in [0.29, 0.717) is 13.0 Å². The van der Waals surface area contributed by atoms with Gasteiger partial charge < -0.3 is 14.8 Å². The zero-order chi connectivity index (χ0) is 24.9. The van der Waals surface area contributed by atoms with Crippen molar-refractivity contribution in [3.8, 4) is 5.75 Å². The highest BCUT2D eigenvalue weighted by molar-refractivity contribution is 6.27. The van der Waals surface area contributed by atoms with Crippen LogP contribution in [0.25, 0.3) is 0 Å². The average molecular weight is 494 g/mol. The minimum atomic E-state index is -0.163. The largest absolute Gasteiger partial charge is 0.491 e. The normalized spacial score (nSPS) is 12.0. The molecule has 0 aliphatic carbocycles. The second-order valence-electron chi connectivity index (χ2n) is 8.83. The van der Waals surface area contributed by atoms with Gasteiger partial charge in [-0.1, -0.05) is 56.4 Å². The van der Waals surface area contributed by atoms with Crippen molar-refractivity contribution in [2.75, 3.05) is 13.0 Å². The van der Waals surface area contributed by atoms with Gasteiger partial charge in [-0.2, -0.15) is 0 Å². The summed E-state index contributed by atoms with van der Waals surface area (Å²) in [6.07, 6.45) is 19.5. The Hall–Kier alpha value is -2.01. The van der Waals surface area contributed by atoms with E-state index >= 15 is 0 Å². The summed E-state index contributed by atoms with van der Waals surface area (Å²) in [7, 11) is 1.45. The summed E-state index contributed by atoms with van der Waals surface area (Å²) in [4.78, 5) is 22.2. The summed E-state index contributed by atoms with van der Waals surface area (Å²) in [5, 5.41) is 2.76. The number of alkyl halides is 1. The van der Waals surface area contributed by atoms with Crippen molar-refractivity contribution in [3.63, 3.8) is 0 Å². The van der Waals surface area contributed by atoms with E-state index in [4.69, 9.17) is 16.3 Å². The van der Waals surface area contributed by atoms with E-state index in [0.717, 1.165) is 37.0 Å². The van der Waals surface area contributed by atoms with Crippen LogP contribution in [0.15, 0.2) is 36.4 Å². The van der Waals surface area contributed by atoms with Gasteiger partial charge in [0.2, 0.25) is 5.91 Å². The fraction of sp³-hybridized carbons (Fsp3) is 0.643. The van der Waals surface area contributed by atoms with Crippen LogP contribution in [0, 0.1) is 0 Å². The van der Waals surface area contributed by atoms with Crippen LogP contribution in [0.5, 0.6) is 5.75 Å². The molecule has 1 atom stereocenters. The Morgan fingerprint density at radius 1 is 0.912 bits per heavy atom. The van der Waals surface area contributed by atoms with Gasteiger partial charge in [-0.25, -0.2) is 0 Å². The Bertz CT molecular complexity index is 690. The topological polar surface area (TPSA) is 64.6 Å². The molecule has 0 aliphatic heterocycles. The van der Waals surface area contributed by atoms with Gasteiger partial charge in [0, 0.05) is 13.0 Å². The van der Waals surface area contributed by atoms with Gasteiger partial charge in [0.1, 0.15) is 11.6 Å². The molecule has 1 aromatic rings. The quantitative estimate of drug-likeness (QED) is 0.0909. The fourth-order valence-electron chi connectivity index (χ4n) is 3.67. The average Bonchev–Trinajstić information content (AvgIpc) is 2.85. The molecule has 1 aromatic carbocycles. The summed E-state index contributed by atoms with van der Waals surface area (Å²) in [6, 6.07) is 7.85. The summed E-state index contributed by atoms with van der Waals surface area (Å²) in [5.41, 5.74) is 1.03. The zero-order valence-corrected chi connectivity index (χ0v) is 21.9. The van der Waals surface area contributed by atoms with Crippen molar-refractivity contribution in [2.24, 2.45) is 0 Å². The molecule has 0 aliphatic rings. The lowest BCUT2D eigenvalue weighted by atomic mass is 10.1. The number of allylic oxidation sites excluding steroid dienone is 2. The first kappa shape index (κ1) is 30.0. The lowest BCUT2D eigenvalue weighted by molar-refractivity contribution is -0.140. The predicted octanol–water partition coefficient (Wildman–Crippen LogP) is 7.11. The predicted molar refractivity (Wildman–Crippen MR) is 140 cm³/mol. The molecule has 0 bridgehead atoms. The van der Waals surface area contributed by atoms with Crippen LogP contribution >= 0.6 is 11.6 Å². The molecule has 0 saturated carbocycles. The molecule has 0 fully saturated rings. The Kier molecular flexibility index (Phi) is 18.0. The Morgan fingerprint density at radius 2 is 1.50 bits per heavy atom. The molecule has 0 aromatic heterocycles. The first-order chi connectivity index (χ1) is 16.5. The molecule has 6 heteroatoms. The maximum atomic E-state index is 11.2. The Labute approximate surface area is 211 Å². The van der Waals surface area contributed by atoms with Crippen molar-refractivity contribution >= 4 is 23.5 Å². The lowest BCUT2D eigenvalue weighted by Crippen LogP contribution is -2.23. The van der Waals surface area contributed by atoms with E-state index in [9.17, 15) is 9.59 Å². The van der Waals surface area contributed by atoms with E-state index in [1.807, 2.05) is 24.3 Å². The molecule has 1 N–H and O–H groups in total. The van der Waals surface area contributed by atoms with Crippen LogP contribution in [-0.2, 0) is 20.9 Å². The molecule has 0 heterocycles. The van der Waals surface area contributed by atoms with E-state index in [2.05, 4.69) is 29.1 Å². The summed E-state index contributed by atoms with van der Waals surface area (Å²) in [5.74, 6) is 0.591. The number of hydrogen-bond donors (Lipinski definition) is 1. The number of hydrogen-bond acceptors (Lipinski definition) is 4. The number of unbranched alkanes of at least 4 members (excludes halogenated alkanes) is 9. The molecular formula is C28H44ClNO4. The SMILES string of the molecule is COC(=O)CCCCCCC/C=C\CCCCCCC(C)Oc1ccc(CNC(=O)CCl)cc1. The van der Waals surface area contributed by atoms with E-state index in [1.54, 1.807) is 0 Å². The number of rotatable bonds is 20. The standard InChI is InChI=1S/C28H44ClNO4/c1-24(34-26-20-18-25(19-21-26)23-30-27(31)22-29)16-14-12-10-8-6-4-3-5-7-9-11-13-15-17-28(32)33-2/h3-4,18-21,24H,5-17,22-23H2,1-2H3,(H,30,31)/b4-3-. The summed E-state index contributed by atoms with van der Waals surface area (Å²) < 4.78 is 10.7. The second kappa shape index (κ2) is 20.4. The maximum Gasteiger partial charge on any atom is 0.305 e. The molecule has 0 radical (unpaired) electrons. The zero-order valence-electron chi connectivity index (χ0n) is 21.2. The number of amides is 1. The highest BCUT2D eigenvalue weighted by atomic mass is 35.5. The fourth-order valence-corrected chi connectivity index (χ4v) is 3.77. The van der Waals surface area contributed by atoms with Gasteiger partial charge in [-0.05, 0) is 69.6 Å². The van der Waals surface area contributed by atoms with Crippen LogP contribution in [0.4, 0.5) is 0 Å². The second-order valence-corrected chi connectivity index (χ2v) is 9.10. The lowest BCUT2D eigenvalue weighted by Gasteiger charge is -2.15. The van der Waals surface area contributed by atoms with Crippen LogP contribution in [0.2, 0.25) is 0 Å². The molecule has 192 valence electrons. The van der Waals surface area contributed by atoms with Crippen molar-refractivity contribution < 1.29 is 19.1 Å². The smallest absolute Gasteiger partial charge is 0.305 e. The number of benzene rings is 1.